The van der Waals surface area contributed by atoms with E-state index in [0.717, 1.165) is 12.8 Å². The molecule has 0 aliphatic heterocycles. The zero-order valence-corrected chi connectivity index (χ0v) is 12.6. The first kappa shape index (κ1) is 15.5. The smallest absolute Gasteiger partial charge is 0.321 e. The molecular weight excluding hydrogens is 266 g/mol. The third-order valence-electron chi connectivity index (χ3n) is 3.63. The van der Waals surface area contributed by atoms with E-state index < -0.39 is 0 Å². The maximum atomic E-state index is 11.8. The normalized spacial score (nSPS) is 15.6. The summed E-state index contributed by atoms with van der Waals surface area (Å²) in [5.41, 5.74) is 1.20. The van der Waals surface area contributed by atoms with Gasteiger partial charge in [0.15, 0.2) is 6.54 Å². The highest BCUT2D eigenvalue weighted by molar-refractivity contribution is 5.94. The predicted octanol–water partition coefficient (Wildman–Crippen LogP) is 0.935. The first-order chi connectivity index (χ1) is 10.1. The SMILES string of the molecule is CC(C)[C@H]([NH2+]CC(=O)NC(=O)NC1CC1)c1ccccc1. The topological polar surface area (TPSA) is 74.8 Å². The van der Waals surface area contributed by atoms with Gasteiger partial charge in [-0.1, -0.05) is 44.2 Å². The van der Waals surface area contributed by atoms with E-state index in [9.17, 15) is 9.59 Å². The molecule has 2 rings (SSSR count). The number of hydrogen-bond donors (Lipinski definition) is 3. The summed E-state index contributed by atoms with van der Waals surface area (Å²) in [4.78, 5) is 23.3. The minimum atomic E-state index is -0.378. The van der Waals surface area contributed by atoms with Crippen LogP contribution in [0.15, 0.2) is 30.3 Å². The van der Waals surface area contributed by atoms with Crippen LogP contribution in [-0.4, -0.2) is 24.5 Å². The number of quaternary nitrogens is 1. The van der Waals surface area contributed by atoms with Crippen molar-refractivity contribution in [2.45, 2.75) is 38.8 Å². The Bertz CT molecular complexity index is 484. The molecule has 3 amide bonds. The van der Waals surface area contributed by atoms with Crippen molar-refractivity contribution >= 4 is 11.9 Å². The average molecular weight is 290 g/mol. The number of nitrogens with one attached hydrogen (secondary N) is 2. The van der Waals surface area contributed by atoms with Gasteiger partial charge in [0.25, 0.3) is 5.91 Å². The Hall–Kier alpha value is -1.88. The number of rotatable bonds is 6. The second-order valence-corrected chi connectivity index (χ2v) is 5.92. The van der Waals surface area contributed by atoms with Crippen LogP contribution in [0.25, 0.3) is 0 Å². The van der Waals surface area contributed by atoms with Gasteiger partial charge in [0, 0.05) is 17.5 Å². The molecule has 0 unspecified atom stereocenters. The van der Waals surface area contributed by atoms with Gasteiger partial charge in [-0.05, 0) is 12.8 Å². The van der Waals surface area contributed by atoms with E-state index in [-0.39, 0.29) is 30.6 Å². The van der Waals surface area contributed by atoms with Crippen LogP contribution in [0, 0.1) is 5.92 Å². The van der Waals surface area contributed by atoms with E-state index in [4.69, 9.17) is 0 Å². The summed E-state index contributed by atoms with van der Waals surface area (Å²) in [5, 5.41) is 7.10. The number of urea groups is 1. The van der Waals surface area contributed by atoms with Crippen LogP contribution in [-0.2, 0) is 4.79 Å². The maximum absolute atomic E-state index is 11.8. The molecule has 21 heavy (non-hydrogen) atoms. The molecule has 0 aromatic heterocycles. The highest BCUT2D eigenvalue weighted by atomic mass is 16.2. The number of amides is 3. The van der Waals surface area contributed by atoms with Crippen LogP contribution < -0.4 is 16.0 Å². The van der Waals surface area contributed by atoms with E-state index in [1.807, 2.05) is 23.5 Å². The first-order valence-electron chi connectivity index (χ1n) is 7.55. The molecule has 0 saturated heterocycles. The Morgan fingerprint density at radius 3 is 2.48 bits per heavy atom. The Morgan fingerprint density at radius 2 is 1.90 bits per heavy atom. The highest BCUT2D eigenvalue weighted by Crippen LogP contribution is 2.18. The largest absolute Gasteiger partial charge is 0.335 e. The molecular formula is C16H24N3O2+. The summed E-state index contributed by atoms with van der Waals surface area (Å²) in [7, 11) is 0. The number of hydrogen-bond acceptors (Lipinski definition) is 2. The standard InChI is InChI=1S/C16H23N3O2/c1-11(2)15(12-6-4-3-5-7-12)17-10-14(20)19-16(21)18-13-8-9-13/h3-7,11,13,15,17H,8-10H2,1-2H3,(H2,18,19,20,21)/p+1/t15-/m0/s1. The Kier molecular flexibility index (Phi) is 5.33. The van der Waals surface area contributed by atoms with E-state index in [2.05, 4.69) is 36.6 Å². The number of carbonyl (C=O) groups is 2. The van der Waals surface area contributed by atoms with Crippen molar-refractivity contribution < 1.29 is 14.9 Å². The summed E-state index contributed by atoms with van der Waals surface area (Å²) in [5.74, 6) is 0.148. The van der Waals surface area contributed by atoms with Gasteiger partial charge in [0.05, 0.1) is 0 Å². The third-order valence-corrected chi connectivity index (χ3v) is 3.63. The van der Waals surface area contributed by atoms with E-state index >= 15 is 0 Å². The summed E-state index contributed by atoms with van der Waals surface area (Å²) in [6, 6.07) is 10.2. The number of nitrogens with two attached hydrogens (primary N) is 1. The van der Waals surface area contributed by atoms with Gasteiger partial charge in [-0.15, -0.1) is 0 Å². The molecule has 0 bridgehead atoms. The maximum Gasteiger partial charge on any atom is 0.321 e. The molecule has 1 aliphatic carbocycles. The predicted molar refractivity (Wildman–Crippen MR) is 80.5 cm³/mol. The van der Waals surface area contributed by atoms with Crippen molar-refractivity contribution in [2.75, 3.05) is 6.54 Å². The highest BCUT2D eigenvalue weighted by Gasteiger charge is 2.25. The van der Waals surface area contributed by atoms with Gasteiger partial charge < -0.3 is 10.6 Å². The zero-order chi connectivity index (χ0) is 15.2. The molecule has 0 radical (unpaired) electrons. The van der Waals surface area contributed by atoms with Crippen molar-refractivity contribution in [1.82, 2.24) is 10.6 Å². The fraction of sp³-hybridized carbons (Fsp3) is 0.500. The van der Waals surface area contributed by atoms with Gasteiger partial charge in [-0.25, -0.2) is 4.79 Å². The van der Waals surface area contributed by atoms with E-state index in [0.29, 0.717) is 5.92 Å². The Morgan fingerprint density at radius 1 is 1.24 bits per heavy atom. The van der Waals surface area contributed by atoms with Gasteiger partial charge in [-0.2, -0.15) is 0 Å². The molecule has 1 aromatic carbocycles. The summed E-state index contributed by atoms with van der Waals surface area (Å²) < 4.78 is 0. The molecule has 1 saturated carbocycles. The molecule has 1 fully saturated rings. The quantitative estimate of drug-likeness (QED) is 0.729. The van der Waals surface area contributed by atoms with Crippen LogP contribution >= 0.6 is 0 Å². The minimum absolute atomic E-state index is 0.212. The second-order valence-electron chi connectivity index (χ2n) is 5.92. The third kappa shape index (κ3) is 5.19. The van der Waals surface area contributed by atoms with E-state index in [1.165, 1.54) is 5.56 Å². The van der Waals surface area contributed by atoms with Crippen LogP contribution in [0.3, 0.4) is 0 Å². The van der Waals surface area contributed by atoms with Crippen molar-refractivity contribution in [3.8, 4) is 0 Å². The van der Waals surface area contributed by atoms with Crippen molar-refractivity contribution in [3.63, 3.8) is 0 Å². The minimum Gasteiger partial charge on any atom is -0.335 e. The van der Waals surface area contributed by atoms with Gasteiger partial charge in [0.1, 0.15) is 6.04 Å². The molecule has 4 N–H and O–H groups in total. The first-order valence-corrected chi connectivity index (χ1v) is 7.55. The molecule has 1 aromatic rings. The van der Waals surface area contributed by atoms with Crippen LogP contribution in [0.5, 0.6) is 0 Å². The lowest BCUT2D eigenvalue weighted by Crippen LogP contribution is -2.88. The lowest BCUT2D eigenvalue weighted by molar-refractivity contribution is -0.692. The van der Waals surface area contributed by atoms with Gasteiger partial charge in [-0.3, -0.25) is 10.1 Å². The average Bonchev–Trinajstić information content (AvgIpc) is 3.23. The van der Waals surface area contributed by atoms with Crippen molar-refractivity contribution in [2.24, 2.45) is 5.92 Å². The number of benzene rings is 1. The molecule has 5 heteroatoms. The lowest BCUT2D eigenvalue weighted by atomic mass is 9.96. The lowest BCUT2D eigenvalue weighted by Gasteiger charge is -2.19. The molecule has 5 nitrogen and oxygen atoms in total. The van der Waals surface area contributed by atoms with Crippen LogP contribution in [0.1, 0.15) is 38.3 Å². The summed E-state index contributed by atoms with van der Waals surface area (Å²) >= 11 is 0. The van der Waals surface area contributed by atoms with Crippen LogP contribution in [0.2, 0.25) is 0 Å². The number of imide groups is 1. The Labute approximate surface area is 125 Å². The molecule has 1 aliphatic rings. The Balaban J connectivity index is 1.81. The fourth-order valence-electron chi connectivity index (χ4n) is 2.33. The summed E-state index contributed by atoms with van der Waals surface area (Å²) in [6.07, 6.45) is 2.02. The summed E-state index contributed by atoms with van der Waals surface area (Å²) in [6.45, 7) is 4.51. The van der Waals surface area contributed by atoms with Crippen molar-refractivity contribution in [1.29, 1.82) is 0 Å². The van der Waals surface area contributed by atoms with E-state index in [1.54, 1.807) is 0 Å². The fourth-order valence-corrected chi connectivity index (χ4v) is 2.33. The molecule has 1 atom stereocenters. The monoisotopic (exact) mass is 290 g/mol. The molecule has 0 spiro atoms. The molecule has 114 valence electrons. The van der Waals surface area contributed by atoms with Crippen LogP contribution in [0.4, 0.5) is 4.79 Å². The second kappa shape index (κ2) is 7.22. The number of carbonyl (C=O) groups excluding carboxylic acids is 2. The van der Waals surface area contributed by atoms with Crippen molar-refractivity contribution in [3.05, 3.63) is 35.9 Å². The zero-order valence-electron chi connectivity index (χ0n) is 12.6. The van der Waals surface area contributed by atoms with Gasteiger partial charge >= 0.3 is 6.03 Å². The molecule has 0 heterocycles. The van der Waals surface area contributed by atoms with Gasteiger partial charge in [0.2, 0.25) is 0 Å².